The lowest BCUT2D eigenvalue weighted by Gasteiger charge is -2.42. The number of alkyl halides is 1. The third kappa shape index (κ3) is 4.48. The molecular weight excluding hydrogens is 324 g/mol. The molecule has 3 unspecified atom stereocenters. The Kier molecular flexibility index (Phi) is 5.76. The molecule has 21 heavy (non-hydrogen) atoms. The fourth-order valence-corrected chi connectivity index (χ4v) is 5.25. The van der Waals surface area contributed by atoms with E-state index < -0.39 is 0 Å². The summed E-state index contributed by atoms with van der Waals surface area (Å²) in [7, 11) is 1.72. The molecule has 1 nitrogen and oxygen atoms in total. The molecule has 1 aliphatic rings. The Labute approximate surface area is 138 Å². The van der Waals surface area contributed by atoms with Crippen LogP contribution in [0.3, 0.4) is 0 Å². The van der Waals surface area contributed by atoms with Crippen LogP contribution in [0, 0.1) is 17.3 Å². The van der Waals surface area contributed by atoms with E-state index in [1.54, 1.807) is 7.11 Å². The number of rotatable bonds is 5. The second-order valence-electron chi connectivity index (χ2n) is 7.38. The minimum absolute atomic E-state index is 0.397. The van der Waals surface area contributed by atoms with Gasteiger partial charge < -0.3 is 4.74 Å². The van der Waals surface area contributed by atoms with E-state index in [-0.39, 0.29) is 0 Å². The smallest absolute Gasteiger partial charge is 0.118 e. The minimum atomic E-state index is 0.397. The molecule has 0 spiro atoms. The predicted molar refractivity (Wildman–Crippen MR) is 94.3 cm³/mol. The minimum Gasteiger partial charge on any atom is -0.497 e. The summed E-state index contributed by atoms with van der Waals surface area (Å²) in [5.74, 6) is 2.62. The number of ether oxygens (including phenoxy) is 1. The van der Waals surface area contributed by atoms with E-state index in [1.165, 1.54) is 31.2 Å². The van der Waals surface area contributed by atoms with Crippen molar-refractivity contribution >= 4 is 15.9 Å². The molecule has 118 valence electrons. The average molecular weight is 353 g/mol. The molecule has 1 aromatic rings. The van der Waals surface area contributed by atoms with Crippen molar-refractivity contribution < 1.29 is 4.74 Å². The first kappa shape index (κ1) is 16.9. The molecule has 1 aromatic carbocycles. The van der Waals surface area contributed by atoms with Crippen LogP contribution >= 0.6 is 15.9 Å². The summed E-state index contributed by atoms with van der Waals surface area (Å²) in [4.78, 5) is 0.687. The zero-order chi connectivity index (χ0) is 15.5. The van der Waals surface area contributed by atoms with E-state index in [0.29, 0.717) is 10.2 Å². The lowest BCUT2D eigenvalue weighted by Crippen LogP contribution is -2.36. The van der Waals surface area contributed by atoms with Crippen molar-refractivity contribution in [3.05, 3.63) is 29.8 Å². The maximum atomic E-state index is 5.23. The van der Waals surface area contributed by atoms with Crippen molar-refractivity contribution in [3.8, 4) is 5.75 Å². The molecule has 3 atom stereocenters. The second-order valence-corrected chi connectivity index (χ2v) is 8.55. The SMILES string of the molecule is COc1ccc(CCC(C)(C)C2CCC(C)CC2Br)cc1. The maximum Gasteiger partial charge on any atom is 0.118 e. The highest BCUT2D eigenvalue weighted by atomic mass is 79.9. The monoisotopic (exact) mass is 352 g/mol. The first-order valence-corrected chi connectivity index (χ1v) is 9.11. The van der Waals surface area contributed by atoms with Crippen LogP contribution in [-0.2, 0) is 6.42 Å². The molecule has 0 N–H and O–H groups in total. The van der Waals surface area contributed by atoms with Crippen molar-refractivity contribution in [1.82, 2.24) is 0 Å². The van der Waals surface area contributed by atoms with Crippen LogP contribution < -0.4 is 4.74 Å². The van der Waals surface area contributed by atoms with Crippen LogP contribution in [0.5, 0.6) is 5.75 Å². The van der Waals surface area contributed by atoms with Gasteiger partial charge in [0.2, 0.25) is 0 Å². The summed E-state index contributed by atoms with van der Waals surface area (Å²) in [5, 5.41) is 0. The van der Waals surface area contributed by atoms with Crippen molar-refractivity contribution in [3.63, 3.8) is 0 Å². The van der Waals surface area contributed by atoms with E-state index in [0.717, 1.165) is 24.0 Å². The van der Waals surface area contributed by atoms with Gasteiger partial charge in [-0.25, -0.2) is 0 Å². The molecule has 0 heterocycles. The molecule has 1 aliphatic carbocycles. The molecule has 0 amide bonds. The first-order valence-electron chi connectivity index (χ1n) is 8.19. The molecule has 0 aromatic heterocycles. The molecular formula is C19H29BrO. The Morgan fingerprint density at radius 3 is 2.43 bits per heavy atom. The van der Waals surface area contributed by atoms with Crippen molar-refractivity contribution in [2.45, 2.75) is 57.7 Å². The van der Waals surface area contributed by atoms with Crippen LogP contribution in [0.15, 0.2) is 24.3 Å². The normalized spacial score (nSPS) is 26.6. The van der Waals surface area contributed by atoms with Gasteiger partial charge in [-0.15, -0.1) is 0 Å². The third-order valence-electron chi connectivity index (χ3n) is 5.26. The van der Waals surface area contributed by atoms with E-state index in [1.807, 2.05) is 0 Å². The second kappa shape index (κ2) is 7.17. The van der Waals surface area contributed by atoms with Crippen LogP contribution in [0.2, 0.25) is 0 Å². The molecule has 0 radical (unpaired) electrons. The lowest BCUT2D eigenvalue weighted by molar-refractivity contribution is 0.137. The van der Waals surface area contributed by atoms with Crippen LogP contribution in [-0.4, -0.2) is 11.9 Å². The average Bonchev–Trinajstić information content (AvgIpc) is 2.45. The number of aryl methyl sites for hydroxylation is 1. The van der Waals surface area contributed by atoms with Gasteiger partial charge in [-0.1, -0.05) is 55.3 Å². The van der Waals surface area contributed by atoms with Crippen LogP contribution in [0.1, 0.15) is 52.0 Å². The van der Waals surface area contributed by atoms with Crippen molar-refractivity contribution in [2.75, 3.05) is 7.11 Å². The number of hydrogen-bond acceptors (Lipinski definition) is 1. The highest BCUT2D eigenvalue weighted by Crippen LogP contribution is 2.45. The van der Waals surface area contributed by atoms with Gasteiger partial charge in [0.25, 0.3) is 0 Å². The highest BCUT2D eigenvalue weighted by Gasteiger charge is 2.37. The summed E-state index contributed by atoms with van der Waals surface area (Å²) in [6.45, 7) is 7.28. The largest absolute Gasteiger partial charge is 0.497 e. The third-order valence-corrected chi connectivity index (χ3v) is 6.27. The number of methoxy groups -OCH3 is 1. The standard InChI is InChI=1S/C19H29BrO/c1-14-5-10-17(18(20)13-14)19(2,3)12-11-15-6-8-16(21-4)9-7-15/h6-9,14,17-18H,5,10-13H2,1-4H3. The quantitative estimate of drug-likeness (QED) is 0.603. The molecule has 0 bridgehead atoms. The molecule has 0 aliphatic heterocycles. The van der Waals surface area contributed by atoms with E-state index >= 15 is 0 Å². The fourth-order valence-electron chi connectivity index (χ4n) is 3.64. The summed E-state index contributed by atoms with van der Waals surface area (Å²) in [6.07, 6.45) is 6.49. The summed E-state index contributed by atoms with van der Waals surface area (Å²) in [6, 6.07) is 8.53. The Balaban J connectivity index is 1.93. The van der Waals surface area contributed by atoms with E-state index in [2.05, 4.69) is 61.0 Å². The molecule has 0 saturated heterocycles. The number of hydrogen-bond donors (Lipinski definition) is 0. The van der Waals surface area contributed by atoms with Crippen LogP contribution in [0.25, 0.3) is 0 Å². The van der Waals surface area contributed by atoms with Gasteiger partial charge in [-0.2, -0.15) is 0 Å². The van der Waals surface area contributed by atoms with Gasteiger partial charge >= 0.3 is 0 Å². The highest BCUT2D eigenvalue weighted by molar-refractivity contribution is 9.09. The van der Waals surface area contributed by atoms with Gasteiger partial charge in [0.05, 0.1) is 7.11 Å². The first-order chi connectivity index (χ1) is 9.92. The zero-order valence-electron chi connectivity index (χ0n) is 13.9. The lowest BCUT2D eigenvalue weighted by atomic mass is 9.67. The Morgan fingerprint density at radius 1 is 1.19 bits per heavy atom. The van der Waals surface area contributed by atoms with E-state index in [4.69, 9.17) is 4.74 Å². The topological polar surface area (TPSA) is 9.23 Å². The summed E-state index contributed by atoms with van der Waals surface area (Å²) < 4.78 is 5.23. The maximum absolute atomic E-state index is 5.23. The Bertz CT molecular complexity index is 437. The van der Waals surface area contributed by atoms with Gasteiger partial charge in [-0.3, -0.25) is 0 Å². The number of halogens is 1. The van der Waals surface area contributed by atoms with Gasteiger partial charge in [-0.05, 0) is 60.6 Å². The Hall–Kier alpha value is -0.500. The van der Waals surface area contributed by atoms with Crippen molar-refractivity contribution in [2.24, 2.45) is 17.3 Å². The summed E-state index contributed by atoms with van der Waals surface area (Å²) in [5.41, 5.74) is 1.81. The van der Waals surface area contributed by atoms with Gasteiger partial charge in [0, 0.05) is 4.83 Å². The fraction of sp³-hybridized carbons (Fsp3) is 0.684. The van der Waals surface area contributed by atoms with Crippen molar-refractivity contribution in [1.29, 1.82) is 0 Å². The zero-order valence-corrected chi connectivity index (χ0v) is 15.4. The molecule has 2 rings (SSSR count). The van der Waals surface area contributed by atoms with Gasteiger partial charge in [0.15, 0.2) is 0 Å². The van der Waals surface area contributed by atoms with Crippen LogP contribution in [0.4, 0.5) is 0 Å². The van der Waals surface area contributed by atoms with E-state index in [9.17, 15) is 0 Å². The number of benzene rings is 1. The Morgan fingerprint density at radius 2 is 1.86 bits per heavy atom. The summed E-state index contributed by atoms with van der Waals surface area (Å²) >= 11 is 3.96. The molecule has 1 fully saturated rings. The predicted octanol–water partition coefficient (Wildman–Crippen LogP) is 5.85. The molecule has 1 saturated carbocycles. The molecule has 2 heteroatoms. The van der Waals surface area contributed by atoms with Gasteiger partial charge in [0.1, 0.15) is 5.75 Å².